The van der Waals surface area contributed by atoms with Crippen LogP contribution >= 0.6 is 11.3 Å². The smallest absolute Gasteiger partial charge is 0.264 e. The van der Waals surface area contributed by atoms with Crippen molar-refractivity contribution in [3.63, 3.8) is 0 Å². The van der Waals surface area contributed by atoms with Gasteiger partial charge in [-0.3, -0.25) is 9.59 Å². The number of hydrogen-bond acceptors (Lipinski definition) is 4. The molecule has 2 amide bonds. The van der Waals surface area contributed by atoms with Gasteiger partial charge in [0.25, 0.3) is 5.91 Å². The standard InChI is InChI=1S/C20H25N3O2S/c1-14-15-6-3-4-8-17(15)26-18(14)20(25)23-9-5-7-16(23)19(24)22-12-10-21(2)11-13-22/h3-4,6,8,16H,5,7,9-13H2,1-2H3. The van der Waals surface area contributed by atoms with Crippen LogP contribution in [0.15, 0.2) is 24.3 Å². The Bertz CT molecular complexity index is 839. The number of carbonyl (C=O) groups is 2. The van der Waals surface area contributed by atoms with Crippen LogP contribution < -0.4 is 0 Å². The molecule has 6 heteroatoms. The maximum Gasteiger partial charge on any atom is 0.264 e. The molecule has 0 bridgehead atoms. The van der Waals surface area contributed by atoms with E-state index in [1.54, 1.807) is 11.3 Å². The van der Waals surface area contributed by atoms with Crippen molar-refractivity contribution in [2.24, 2.45) is 0 Å². The first-order valence-electron chi connectivity index (χ1n) is 9.32. The van der Waals surface area contributed by atoms with E-state index in [-0.39, 0.29) is 17.9 Å². The molecule has 2 aromatic rings. The first kappa shape index (κ1) is 17.5. The lowest BCUT2D eigenvalue weighted by Crippen LogP contribution is -2.53. The molecule has 2 fully saturated rings. The fourth-order valence-electron chi connectivity index (χ4n) is 4.01. The van der Waals surface area contributed by atoms with Crippen LogP contribution in [0, 0.1) is 6.92 Å². The van der Waals surface area contributed by atoms with Crippen LogP contribution in [-0.2, 0) is 4.79 Å². The van der Waals surface area contributed by atoms with Gasteiger partial charge in [0.2, 0.25) is 5.91 Å². The number of thiophene rings is 1. The lowest BCUT2D eigenvalue weighted by Gasteiger charge is -2.35. The summed E-state index contributed by atoms with van der Waals surface area (Å²) in [5, 5.41) is 1.14. The van der Waals surface area contributed by atoms with E-state index in [1.807, 2.05) is 28.9 Å². The van der Waals surface area contributed by atoms with E-state index in [1.165, 1.54) is 0 Å². The molecule has 2 aliphatic rings. The van der Waals surface area contributed by atoms with Gasteiger partial charge < -0.3 is 14.7 Å². The summed E-state index contributed by atoms with van der Waals surface area (Å²) in [6.45, 7) is 6.02. The number of likely N-dealkylation sites (N-methyl/N-ethyl adjacent to an activating group) is 1. The number of nitrogens with zero attached hydrogens (tertiary/aromatic N) is 3. The molecule has 0 saturated carbocycles. The molecule has 1 aromatic heterocycles. The van der Waals surface area contributed by atoms with Crippen LogP contribution in [-0.4, -0.2) is 72.3 Å². The zero-order valence-corrected chi connectivity index (χ0v) is 16.2. The molecule has 0 N–H and O–H groups in total. The number of rotatable bonds is 2. The molecule has 0 aliphatic carbocycles. The Balaban J connectivity index is 1.56. The fraction of sp³-hybridized carbons (Fsp3) is 0.500. The molecule has 4 rings (SSSR count). The third-order valence-corrected chi connectivity index (χ3v) is 6.91. The van der Waals surface area contributed by atoms with Crippen molar-refractivity contribution in [2.45, 2.75) is 25.8 Å². The topological polar surface area (TPSA) is 43.9 Å². The van der Waals surface area contributed by atoms with E-state index in [9.17, 15) is 9.59 Å². The first-order chi connectivity index (χ1) is 12.6. The summed E-state index contributed by atoms with van der Waals surface area (Å²) in [5.74, 6) is 0.149. The van der Waals surface area contributed by atoms with Crippen molar-refractivity contribution in [3.8, 4) is 0 Å². The first-order valence-corrected chi connectivity index (χ1v) is 10.1. The van der Waals surface area contributed by atoms with E-state index < -0.39 is 0 Å². The fourth-order valence-corrected chi connectivity index (χ4v) is 5.18. The van der Waals surface area contributed by atoms with E-state index in [2.05, 4.69) is 24.1 Å². The highest BCUT2D eigenvalue weighted by molar-refractivity contribution is 7.21. The lowest BCUT2D eigenvalue weighted by molar-refractivity contribution is -0.136. The second kappa shape index (κ2) is 7.00. The number of aryl methyl sites for hydroxylation is 1. The van der Waals surface area contributed by atoms with Gasteiger partial charge in [-0.15, -0.1) is 11.3 Å². The minimum atomic E-state index is -0.296. The number of likely N-dealkylation sites (tertiary alicyclic amines) is 1. The van der Waals surface area contributed by atoms with Crippen molar-refractivity contribution in [1.29, 1.82) is 0 Å². The second-order valence-corrected chi connectivity index (χ2v) is 8.39. The summed E-state index contributed by atoms with van der Waals surface area (Å²) in [6, 6.07) is 7.83. The molecule has 0 spiro atoms. The number of hydrogen-bond donors (Lipinski definition) is 0. The number of amides is 2. The summed E-state index contributed by atoms with van der Waals surface area (Å²) in [5.41, 5.74) is 1.04. The average molecular weight is 372 g/mol. The van der Waals surface area contributed by atoms with Gasteiger partial charge in [-0.05, 0) is 43.8 Å². The minimum absolute atomic E-state index is 0.0219. The van der Waals surface area contributed by atoms with Gasteiger partial charge in [0, 0.05) is 37.4 Å². The summed E-state index contributed by atoms with van der Waals surface area (Å²) < 4.78 is 1.13. The van der Waals surface area contributed by atoms with Gasteiger partial charge in [0.15, 0.2) is 0 Å². The van der Waals surface area contributed by atoms with E-state index in [0.717, 1.165) is 59.5 Å². The van der Waals surface area contributed by atoms with Gasteiger partial charge in [-0.1, -0.05) is 18.2 Å². The molecular formula is C20H25N3O2S. The highest BCUT2D eigenvalue weighted by Gasteiger charge is 2.38. The van der Waals surface area contributed by atoms with Crippen LogP contribution in [0.4, 0.5) is 0 Å². The SMILES string of the molecule is Cc1c(C(=O)N2CCCC2C(=O)N2CCN(C)CC2)sc2ccccc12. The summed E-state index contributed by atoms with van der Waals surface area (Å²) >= 11 is 1.55. The highest BCUT2D eigenvalue weighted by atomic mass is 32.1. The van der Waals surface area contributed by atoms with Gasteiger partial charge in [0.1, 0.15) is 6.04 Å². The van der Waals surface area contributed by atoms with Crippen molar-refractivity contribution in [3.05, 3.63) is 34.7 Å². The summed E-state index contributed by atoms with van der Waals surface area (Å²) in [7, 11) is 2.08. The lowest BCUT2D eigenvalue weighted by atomic mass is 10.1. The van der Waals surface area contributed by atoms with E-state index in [4.69, 9.17) is 0 Å². The van der Waals surface area contributed by atoms with Gasteiger partial charge >= 0.3 is 0 Å². The molecule has 2 aliphatic heterocycles. The highest BCUT2D eigenvalue weighted by Crippen LogP contribution is 2.33. The Morgan fingerprint density at radius 1 is 1.08 bits per heavy atom. The number of benzene rings is 1. The third-order valence-electron chi connectivity index (χ3n) is 5.65. The average Bonchev–Trinajstić information content (AvgIpc) is 3.27. The van der Waals surface area contributed by atoms with Crippen LogP contribution in [0.3, 0.4) is 0 Å². The van der Waals surface area contributed by atoms with Crippen molar-refractivity contribution < 1.29 is 9.59 Å². The van der Waals surface area contributed by atoms with Crippen molar-refractivity contribution >= 4 is 33.2 Å². The van der Waals surface area contributed by atoms with Gasteiger partial charge in [0.05, 0.1) is 4.88 Å². The second-order valence-electron chi connectivity index (χ2n) is 7.34. The number of piperazine rings is 1. The Hall–Kier alpha value is -1.92. The van der Waals surface area contributed by atoms with Crippen molar-refractivity contribution in [1.82, 2.24) is 14.7 Å². The largest absolute Gasteiger partial charge is 0.338 e. The Labute approximate surface area is 158 Å². The predicted octanol–water partition coefficient (Wildman–Crippen LogP) is 2.59. The monoisotopic (exact) mass is 371 g/mol. The Morgan fingerprint density at radius 2 is 1.81 bits per heavy atom. The normalized spacial score (nSPS) is 21.5. The van der Waals surface area contributed by atoms with Gasteiger partial charge in [-0.2, -0.15) is 0 Å². The third kappa shape index (κ3) is 3.01. The van der Waals surface area contributed by atoms with E-state index in [0.29, 0.717) is 6.54 Å². The Morgan fingerprint density at radius 3 is 2.54 bits per heavy atom. The molecule has 1 unspecified atom stereocenters. The summed E-state index contributed by atoms with van der Waals surface area (Å²) in [6.07, 6.45) is 1.68. The van der Waals surface area contributed by atoms with Crippen LogP contribution in [0.25, 0.3) is 10.1 Å². The zero-order chi connectivity index (χ0) is 18.3. The maximum absolute atomic E-state index is 13.2. The molecule has 5 nitrogen and oxygen atoms in total. The maximum atomic E-state index is 13.2. The van der Waals surface area contributed by atoms with Crippen molar-refractivity contribution in [2.75, 3.05) is 39.8 Å². The zero-order valence-electron chi connectivity index (χ0n) is 15.4. The quantitative estimate of drug-likeness (QED) is 0.815. The number of fused-ring (bicyclic) bond motifs is 1. The van der Waals surface area contributed by atoms with E-state index >= 15 is 0 Å². The minimum Gasteiger partial charge on any atom is -0.338 e. The van der Waals surface area contributed by atoms with Crippen LogP contribution in [0.2, 0.25) is 0 Å². The number of carbonyl (C=O) groups excluding carboxylic acids is 2. The van der Waals surface area contributed by atoms with Gasteiger partial charge in [-0.25, -0.2) is 0 Å². The molecule has 3 heterocycles. The molecule has 26 heavy (non-hydrogen) atoms. The molecule has 138 valence electrons. The predicted molar refractivity (Wildman–Crippen MR) is 105 cm³/mol. The molecule has 1 atom stereocenters. The molecule has 2 saturated heterocycles. The summed E-state index contributed by atoms with van der Waals surface area (Å²) in [4.78, 5) is 33.0. The molecule has 0 radical (unpaired) electrons. The van der Waals surface area contributed by atoms with Crippen LogP contribution in [0.1, 0.15) is 28.1 Å². The molecule has 1 aromatic carbocycles. The molecular weight excluding hydrogens is 346 g/mol. The Kier molecular flexibility index (Phi) is 4.71. The van der Waals surface area contributed by atoms with Crippen LogP contribution in [0.5, 0.6) is 0 Å².